The second-order valence-corrected chi connectivity index (χ2v) is 8.23. The highest BCUT2D eigenvalue weighted by Gasteiger charge is 2.23. The molecule has 2 aromatic rings. The zero-order valence-electron chi connectivity index (χ0n) is 15.5. The lowest BCUT2D eigenvalue weighted by Gasteiger charge is -2.27. The molecule has 9 nitrogen and oxygen atoms in total. The van der Waals surface area contributed by atoms with Gasteiger partial charge < -0.3 is 9.47 Å². The Balaban J connectivity index is 1.85. The molecule has 2 N–H and O–H groups in total. The number of hydrogen-bond acceptors (Lipinski definition) is 7. The first-order chi connectivity index (χ1) is 13.2. The van der Waals surface area contributed by atoms with Crippen LogP contribution in [0.3, 0.4) is 0 Å². The molecule has 2 aromatic carbocycles. The van der Waals surface area contributed by atoms with Gasteiger partial charge in [0.1, 0.15) is 5.75 Å². The molecule has 0 spiro atoms. The van der Waals surface area contributed by atoms with Crippen LogP contribution in [0.15, 0.2) is 41.3 Å². The molecule has 1 aliphatic rings. The Bertz CT molecular complexity index is 991. The summed E-state index contributed by atoms with van der Waals surface area (Å²) in [6.07, 6.45) is 0. The number of rotatable bonds is 6. The molecule has 1 unspecified atom stereocenters. The quantitative estimate of drug-likeness (QED) is 0.575. The standard InChI is InChI=1S/C18H21N3O6S/c1-12(13-3-5-17(6-4-13)28(19,24)25)20(2)9-14-7-16(21(22)23)8-15-10-26-11-27-18(14)15/h3-8,12H,9-11H2,1-2H3,(H2,19,24,25). The highest BCUT2D eigenvalue weighted by Crippen LogP contribution is 2.34. The van der Waals surface area contributed by atoms with Gasteiger partial charge in [0.15, 0.2) is 6.79 Å². The van der Waals surface area contributed by atoms with Gasteiger partial charge in [0.2, 0.25) is 10.0 Å². The van der Waals surface area contributed by atoms with Crippen LogP contribution in [0.25, 0.3) is 0 Å². The van der Waals surface area contributed by atoms with Crippen molar-refractivity contribution in [3.63, 3.8) is 0 Å². The second kappa shape index (κ2) is 7.84. The van der Waals surface area contributed by atoms with Gasteiger partial charge in [-0.2, -0.15) is 0 Å². The first-order valence-corrected chi connectivity index (χ1v) is 10.0. The third kappa shape index (κ3) is 4.30. The highest BCUT2D eigenvalue weighted by molar-refractivity contribution is 7.89. The lowest BCUT2D eigenvalue weighted by atomic mass is 10.0. The molecule has 28 heavy (non-hydrogen) atoms. The van der Waals surface area contributed by atoms with E-state index in [9.17, 15) is 18.5 Å². The molecule has 0 bridgehead atoms. The van der Waals surface area contributed by atoms with E-state index >= 15 is 0 Å². The maximum Gasteiger partial charge on any atom is 0.270 e. The van der Waals surface area contributed by atoms with E-state index in [-0.39, 0.29) is 30.0 Å². The van der Waals surface area contributed by atoms with E-state index in [4.69, 9.17) is 14.6 Å². The summed E-state index contributed by atoms with van der Waals surface area (Å²) in [6, 6.07) is 9.23. The maximum atomic E-state index is 11.4. The Morgan fingerprint density at radius 2 is 1.96 bits per heavy atom. The molecular formula is C18H21N3O6S. The monoisotopic (exact) mass is 407 g/mol. The number of hydrogen-bond donors (Lipinski definition) is 1. The molecule has 1 atom stereocenters. The molecule has 1 aliphatic heterocycles. The molecule has 0 fully saturated rings. The van der Waals surface area contributed by atoms with Gasteiger partial charge in [0.05, 0.1) is 16.4 Å². The Morgan fingerprint density at radius 1 is 1.29 bits per heavy atom. The molecule has 0 aliphatic carbocycles. The summed E-state index contributed by atoms with van der Waals surface area (Å²) in [4.78, 5) is 12.8. The van der Waals surface area contributed by atoms with Crippen molar-refractivity contribution >= 4 is 15.7 Å². The van der Waals surface area contributed by atoms with Gasteiger partial charge in [0, 0.05) is 35.8 Å². The third-order valence-electron chi connectivity index (χ3n) is 4.75. The normalized spacial score (nSPS) is 15.0. The molecular weight excluding hydrogens is 386 g/mol. The van der Waals surface area contributed by atoms with Gasteiger partial charge in [-0.15, -0.1) is 0 Å². The average Bonchev–Trinajstić information content (AvgIpc) is 2.66. The van der Waals surface area contributed by atoms with E-state index in [2.05, 4.69) is 0 Å². The number of ether oxygens (including phenoxy) is 2. The predicted molar refractivity (Wildman–Crippen MR) is 101 cm³/mol. The number of nitro groups is 1. The van der Waals surface area contributed by atoms with Crippen LogP contribution in [0.1, 0.15) is 29.7 Å². The van der Waals surface area contributed by atoms with Gasteiger partial charge in [-0.1, -0.05) is 12.1 Å². The van der Waals surface area contributed by atoms with Crippen LogP contribution in [0.4, 0.5) is 5.69 Å². The van der Waals surface area contributed by atoms with E-state index in [1.165, 1.54) is 24.3 Å². The summed E-state index contributed by atoms with van der Waals surface area (Å²) in [5, 5.41) is 16.4. The van der Waals surface area contributed by atoms with Crippen LogP contribution in [-0.2, 0) is 27.9 Å². The number of sulfonamides is 1. The van der Waals surface area contributed by atoms with Crippen LogP contribution >= 0.6 is 0 Å². The van der Waals surface area contributed by atoms with E-state index < -0.39 is 14.9 Å². The van der Waals surface area contributed by atoms with Crippen LogP contribution in [0, 0.1) is 10.1 Å². The van der Waals surface area contributed by atoms with Crippen molar-refractivity contribution in [2.45, 2.75) is 31.0 Å². The largest absolute Gasteiger partial charge is 0.467 e. The number of non-ortho nitro benzene ring substituents is 1. The Morgan fingerprint density at radius 3 is 2.57 bits per heavy atom. The van der Waals surface area contributed by atoms with Crippen molar-refractivity contribution in [3.05, 3.63) is 63.2 Å². The summed E-state index contributed by atoms with van der Waals surface area (Å²) in [7, 11) is -1.87. The SMILES string of the molecule is CC(c1ccc(S(N)(=O)=O)cc1)N(C)Cc1cc([N+](=O)[O-])cc2c1OCOC2. The second-order valence-electron chi connectivity index (χ2n) is 6.67. The summed E-state index contributed by atoms with van der Waals surface area (Å²) in [6.45, 7) is 2.73. The molecule has 0 amide bonds. The van der Waals surface area contributed by atoms with Crippen molar-refractivity contribution < 1.29 is 22.8 Å². The molecule has 0 radical (unpaired) electrons. The molecule has 0 saturated heterocycles. The third-order valence-corrected chi connectivity index (χ3v) is 5.68. The molecule has 0 saturated carbocycles. The fraction of sp³-hybridized carbons (Fsp3) is 0.333. The molecule has 10 heteroatoms. The number of primary sulfonamides is 1. The van der Waals surface area contributed by atoms with Crippen molar-refractivity contribution in [2.75, 3.05) is 13.8 Å². The van der Waals surface area contributed by atoms with Crippen LogP contribution < -0.4 is 9.88 Å². The lowest BCUT2D eigenvalue weighted by molar-refractivity contribution is -0.385. The van der Waals surface area contributed by atoms with Crippen molar-refractivity contribution in [1.82, 2.24) is 4.90 Å². The molecule has 3 rings (SSSR count). The number of nitrogens with two attached hydrogens (primary N) is 1. The van der Waals surface area contributed by atoms with Crippen LogP contribution in [-0.4, -0.2) is 32.1 Å². The minimum Gasteiger partial charge on any atom is -0.467 e. The smallest absolute Gasteiger partial charge is 0.270 e. The van der Waals surface area contributed by atoms with Gasteiger partial charge in [-0.25, -0.2) is 13.6 Å². The Labute approximate surface area is 162 Å². The topological polar surface area (TPSA) is 125 Å². The zero-order chi connectivity index (χ0) is 20.5. The number of benzene rings is 2. The van der Waals surface area contributed by atoms with E-state index in [1.807, 2.05) is 18.9 Å². The first-order valence-electron chi connectivity index (χ1n) is 8.50. The zero-order valence-corrected chi connectivity index (χ0v) is 16.3. The highest BCUT2D eigenvalue weighted by atomic mass is 32.2. The van der Waals surface area contributed by atoms with Gasteiger partial charge in [-0.3, -0.25) is 15.0 Å². The fourth-order valence-electron chi connectivity index (χ4n) is 3.10. The average molecular weight is 407 g/mol. The van der Waals surface area contributed by atoms with E-state index in [1.54, 1.807) is 12.1 Å². The summed E-state index contributed by atoms with van der Waals surface area (Å²) < 4.78 is 33.6. The summed E-state index contributed by atoms with van der Waals surface area (Å²) in [5.41, 5.74) is 2.22. The predicted octanol–water partition coefficient (Wildman–Crippen LogP) is 2.30. The molecule has 0 aromatic heterocycles. The van der Waals surface area contributed by atoms with Crippen LogP contribution in [0.5, 0.6) is 5.75 Å². The fourth-order valence-corrected chi connectivity index (χ4v) is 3.62. The van der Waals surface area contributed by atoms with Gasteiger partial charge >= 0.3 is 0 Å². The summed E-state index contributed by atoms with van der Waals surface area (Å²) >= 11 is 0. The number of fused-ring (bicyclic) bond motifs is 1. The number of nitro benzene ring substituents is 1. The maximum absolute atomic E-state index is 11.4. The van der Waals surface area contributed by atoms with Crippen molar-refractivity contribution in [2.24, 2.45) is 5.14 Å². The van der Waals surface area contributed by atoms with Crippen LogP contribution in [0.2, 0.25) is 0 Å². The Hall–Kier alpha value is -2.53. The molecule has 150 valence electrons. The Kier molecular flexibility index (Phi) is 5.66. The minimum atomic E-state index is -3.74. The summed E-state index contributed by atoms with van der Waals surface area (Å²) in [5.74, 6) is 0.612. The van der Waals surface area contributed by atoms with Crippen molar-refractivity contribution in [3.8, 4) is 5.75 Å². The first kappa shape index (κ1) is 20.2. The number of nitrogens with zero attached hydrogens (tertiary/aromatic N) is 2. The van der Waals surface area contributed by atoms with Gasteiger partial charge in [-0.05, 0) is 31.7 Å². The molecule has 1 heterocycles. The minimum absolute atomic E-state index is 0.0126. The van der Waals surface area contributed by atoms with E-state index in [0.29, 0.717) is 23.4 Å². The lowest BCUT2D eigenvalue weighted by Crippen LogP contribution is -2.23. The van der Waals surface area contributed by atoms with Crippen molar-refractivity contribution in [1.29, 1.82) is 0 Å². The van der Waals surface area contributed by atoms with E-state index in [0.717, 1.165) is 5.56 Å². The van der Waals surface area contributed by atoms with Gasteiger partial charge in [0.25, 0.3) is 5.69 Å².